The first kappa shape index (κ1) is 18.2. The lowest BCUT2D eigenvalue weighted by molar-refractivity contribution is -0.113. The van der Waals surface area contributed by atoms with Crippen LogP contribution in [0.4, 0.5) is 5.69 Å². The van der Waals surface area contributed by atoms with E-state index in [-0.39, 0.29) is 11.6 Å². The van der Waals surface area contributed by atoms with Crippen LogP contribution < -0.4 is 10.6 Å². The summed E-state index contributed by atoms with van der Waals surface area (Å²) in [5.41, 5.74) is 3.41. The highest BCUT2D eigenvalue weighted by atomic mass is 16.3. The third kappa shape index (κ3) is 4.73. The van der Waals surface area contributed by atoms with E-state index in [1.807, 2.05) is 38.1 Å². The molecular formula is C22H20N2O3. The molecule has 1 aromatic heterocycles. The summed E-state index contributed by atoms with van der Waals surface area (Å²) in [6.07, 6.45) is 3.00. The quantitative estimate of drug-likeness (QED) is 0.666. The van der Waals surface area contributed by atoms with Crippen LogP contribution in [0.2, 0.25) is 0 Å². The highest BCUT2D eigenvalue weighted by molar-refractivity contribution is 6.10. The fraction of sp³-hybridized carbons (Fsp3) is 0.0909. The Bertz CT molecular complexity index is 974. The van der Waals surface area contributed by atoms with Gasteiger partial charge in [-0.2, -0.15) is 0 Å². The van der Waals surface area contributed by atoms with Gasteiger partial charge in [0.15, 0.2) is 0 Å². The maximum absolute atomic E-state index is 12.8. The summed E-state index contributed by atoms with van der Waals surface area (Å²) in [4.78, 5) is 25.2. The number of amides is 2. The number of carbonyl (C=O) groups excluding carboxylic acids is 2. The van der Waals surface area contributed by atoms with Crippen molar-refractivity contribution in [2.75, 3.05) is 5.32 Å². The minimum atomic E-state index is -0.432. The van der Waals surface area contributed by atoms with Crippen molar-refractivity contribution in [3.05, 3.63) is 95.1 Å². The average Bonchev–Trinajstić information content (AvgIpc) is 3.18. The molecule has 0 fully saturated rings. The molecule has 5 heteroatoms. The fourth-order valence-electron chi connectivity index (χ4n) is 2.48. The zero-order chi connectivity index (χ0) is 19.2. The Morgan fingerprint density at radius 3 is 2.37 bits per heavy atom. The predicted octanol–water partition coefficient (Wildman–Crippen LogP) is 4.31. The second kappa shape index (κ2) is 8.19. The van der Waals surface area contributed by atoms with Gasteiger partial charge in [0, 0.05) is 17.3 Å². The van der Waals surface area contributed by atoms with Crippen molar-refractivity contribution in [1.29, 1.82) is 0 Å². The highest BCUT2D eigenvalue weighted by Gasteiger charge is 2.15. The Kier molecular flexibility index (Phi) is 5.52. The van der Waals surface area contributed by atoms with Gasteiger partial charge in [-0.25, -0.2) is 0 Å². The maximum atomic E-state index is 12.8. The molecule has 3 rings (SSSR count). The maximum Gasteiger partial charge on any atom is 0.272 e. The number of nitrogens with one attached hydrogen (secondary N) is 2. The van der Waals surface area contributed by atoms with Crippen molar-refractivity contribution in [3.8, 4) is 0 Å². The molecular weight excluding hydrogens is 340 g/mol. The Morgan fingerprint density at radius 1 is 0.926 bits per heavy atom. The van der Waals surface area contributed by atoms with E-state index in [9.17, 15) is 9.59 Å². The van der Waals surface area contributed by atoms with E-state index in [0.717, 1.165) is 11.1 Å². The Morgan fingerprint density at radius 2 is 1.70 bits per heavy atom. The normalized spacial score (nSPS) is 11.1. The fourth-order valence-corrected chi connectivity index (χ4v) is 2.48. The zero-order valence-corrected chi connectivity index (χ0v) is 15.2. The van der Waals surface area contributed by atoms with Crippen LogP contribution in [-0.4, -0.2) is 11.8 Å². The van der Waals surface area contributed by atoms with Crippen molar-refractivity contribution in [3.63, 3.8) is 0 Å². The summed E-state index contributed by atoms with van der Waals surface area (Å²) in [5, 5.41) is 5.48. The molecule has 136 valence electrons. The number of rotatable bonds is 5. The van der Waals surface area contributed by atoms with Crippen molar-refractivity contribution in [2.45, 2.75) is 13.8 Å². The second-order valence-electron chi connectivity index (χ2n) is 6.15. The minimum absolute atomic E-state index is 0.0945. The third-order valence-electron chi connectivity index (χ3n) is 4.12. The third-order valence-corrected chi connectivity index (χ3v) is 4.12. The van der Waals surface area contributed by atoms with Gasteiger partial charge >= 0.3 is 0 Å². The summed E-state index contributed by atoms with van der Waals surface area (Å²) >= 11 is 0. The lowest BCUT2D eigenvalue weighted by Gasteiger charge is -2.12. The first-order valence-electron chi connectivity index (χ1n) is 8.53. The molecule has 0 atom stereocenters. The van der Waals surface area contributed by atoms with Gasteiger partial charge < -0.3 is 15.1 Å². The average molecular weight is 360 g/mol. The predicted molar refractivity (Wildman–Crippen MR) is 105 cm³/mol. The molecule has 2 aromatic carbocycles. The largest absolute Gasteiger partial charge is 0.465 e. The summed E-state index contributed by atoms with van der Waals surface area (Å²) in [6, 6.07) is 17.8. The summed E-state index contributed by atoms with van der Waals surface area (Å²) in [7, 11) is 0. The van der Waals surface area contributed by atoms with Gasteiger partial charge in [0.25, 0.3) is 11.8 Å². The van der Waals surface area contributed by atoms with E-state index in [1.165, 1.54) is 12.3 Å². The van der Waals surface area contributed by atoms with E-state index in [2.05, 4.69) is 10.6 Å². The molecule has 0 aliphatic heterocycles. The molecule has 0 radical (unpaired) electrons. The standard InChI is InChI=1S/C22H20N2O3/c1-15-10-11-18(13-16(15)2)23-22(26)20(14-19-9-6-12-27-19)24-21(25)17-7-4-3-5-8-17/h3-14H,1-2H3,(H,23,26)(H,24,25)/b20-14-. The van der Waals surface area contributed by atoms with Gasteiger partial charge in [0.05, 0.1) is 6.26 Å². The van der Waals surface area contributed by atoms with Crippen LogP contribution in [0.3, 0.4) is 0 Å². The van der Waals surface area contributed by atoms with Crippen molar-refractivity contribution >= 4 is 23.6 Å². The number of benzene rings is 2. The van der Waals surface area contributed by atoms with Crippen molar-refractivity contribution in [1.82, 2.24) is 5.32 Å². The molecule has 0 saturated heterocycles. The molecule has 0 unspecified atom stereocenters. The van der Waals surface area contributed by atoms with E-state index in [4.69, 9.17) is 4.42 Å². The second-order valence-corrected chi connectivity index (χ2v) is 6.15. The van der Waals surface area contributed by atoms with Gasteiger partial charge in [-0.15, -0.1) is 0 Å². The number of hydrogen-bond acceptors (Lipinski definition) is 3. The van der Waals surface area contributed by atoms with Crippen LogP contribution in [-0.2, 0) is 4.79 Å². The van der Waals surface area contributed by atoms with Gasteiger partial charge in [0.1, 0.15) is 11.5 Å². The van der Waals surface area contributed by atoms with Crippen LogP contribution in [0.25, 0.3) is 6.08 Å². The van der Waals surface area contributed by atoms with E-state index < -0.39 is 5.91 Å². The highest BCUT2D eigenvalue weighted by Crippen LogP contribution is 2.16. The minimum Gasteiger partial charge on any atom is -0.465 e. The van der Waals surface area contributed by atoms with Gasteiger partial charge in [-0.05, 0) is 61.4 Å². The van der Waals surface area contributed by atoms with Gasteiger partial charge in [0.2, 0.25) is 0 Å². The lowest BCUT2D eigenvalue weighted by atomic mass is 10.1. The molecule has 2 amide bonds. The molecule has 2 N–H and O–H groups in total. The van der Waals surface area contributed by atoms with Crippen molar-refractivity contribution < 1.29 is 14.0 Å². The Labute approximate surface area is 157 Å². The molecule has 1 heterocycles. The first-order valence-corrected chi connectivity index (χ1v) is 8.53. The summed E-state index contributed by atoms with van der Waals surface area (Å²) in [6.45, 7) is 3.98. The first-order chi connectivity index (χ1) is 13.0. The van der Waals surface area contributed by atoms with Crippen LogP contribution in [0.15, 0.2) is 77.0 Å². The topological polar surface area (TPSA) is 71.3 Å². The number of carbonyl (C=O) groups is 2. The van der Waals surface area contributed by atoms with E-state index >= 15 is 0 Å². The van der Waals surface area contributed by atoms with Crippen LogP contribution in [0.5, 0.6) is 0 Å². The molecule has 0 bridgehead atoms. The number of anilines is 1. The number of furan rings is 1. The SMILES string of the molecule is Cc1ccc(NC(=O)/C(=C/c2ccco2)NC(=O)c2ccccc2)cc1C. The number of aryl methyl sites for hydroxylation is 2. The smallest absolute Gasteiger partial charge is 0.272 e. The molecule has 5 nitrogen and oxygen atoms in total. The summed E-state index contributed by atoms with van der Waals surface area (Å²) in [5.74, 6) is -0.337. The van der Waals surface area contributed by atoms with Crippen LogP contribution >= 0.6 is 0 Å². The van der Waals surface area contributed by atoms with E-state index in [0.29, 0.717) is 17.0 Å². The molecule has 3 aromatic rings. The molecule has 0 saturated carbocycles. The Hall–Kier alpha value is -3.60. The van der Waals surface area contributed by atoms with Crippen LogP contribution in [0.1, 0.15) is 27.2 Å². The van der Waals surface area contributed by atoms with Crippen molar-refractivity contribution in [2.24, 2.45) is 0 Å². The Balaban J connectivity index is 1.84. The van der Waals surface area contributed by atoms with Gasteiger partial charge in [-0.3, -0.25) is 9.59 Å². The molecule has 0 aliphatic carbocycles. The molecule has 0 spiro atoms. The van der Waals surface area contributed by atoms with Gasteiger partial charge in [-0.1, -0.05) is 24.3 Å². The zero-order valence-electron chi connectivity index (χ0n) is 15.2. The number of hydrogen-bond donors (Lipinski definition) is 2. The van der Waals surface area contributed by atoms with E-state index in [1.54, 1.807) is 36.4 Å². The summed E-state index contributed by atoms with van der Waals surface area (Å²) < 4.78 is 5.28. The lowest BCUT2D eigenvalue weighted by Crippen LogP contribution is -2.30. The monoisotopic (exact) mass is 360 g/mol. The molecule has 0 aliphatic rings. The van der Waals surface area contributed by atoms with Crippen LogP contribution in [0, 0.1) is 13.8 Å². The molecule has 27 heavy (non-hydrogen) atoms.